The van der Waals surface area contributed by atoms with Crippen LogP contribution in [0.15, 0.2) is 82.0 Å². The summed E-state index contributed by atoms with van der Waals surface area (Å²) in [5.74, 6) is 0.0301. The first-order valence-corrected chi connectivity index (χ1v) is 9.12. The van der Waals surface area contributed by atoms with Crippen molar-refractivity contribution in [1.29, 1.82) is 0 Å². The second-order valence-electron chi connectivity index (χ2n) is 6.66. The fraction of sp³-hybridized carbons (Fsp3) is 0.0435. The first-order valence-electron chi connectivity index (χ1n) is 9.12. The number of benzene rings is 3. The highest BCUT2D eigenvalue weighted by Gasteiger charge is 2.15. The number of carbonyl (C=O) groups excluding carboxylic acids is 1. The summed E-state index contributed by atoms with van der Waals surface area (Å²) in [6.45, 7) is 1.71. The van der Waals surface area contributed by atoms with Crippen LogP contribution in [-0.4, -0.2) is 11.2 Å². The second kappa shape index (κ2) is 7.92. The summed E-state index contributed by atoms with van der Waals surface area (Å²) in [5.41, 5.74) is 1.68. The van der Waals surface area contributed by atoms with Crippen molar-refractivity contribution >= 4 is 22.6 Å². The van der Waals surface area contributed by atoms with Gasteiger partial charge in [-0.3, -0.25) is 4.79 Å². The second-order valence-corrected chi connectivity index (χ2v) is 6.66. The lowest BCUT2D eigenvalue weighted by Gasteiger charge is -2.11. The average molecular weight is 403 g/mol. The molecule has 7 nitrogen and oxygen atoms in total. The van der Waals surface area contributed by atoms with E-state index in [-0.39, 0.29) is 22.4 Å². The Bertz CT molecular complexity index is 1280. The number of carbonyl (C=O) groups is 1. The Kier molecular flexibility index (Phi) is 5.16. The van der Waals surface area contributed by atoms with E-state index in [4.69, 9.17) is 14.4 Å². The van der Waals surface area contributed by atoms with Crippen LogP contribution in [0.2, 0.25) is 0 Å². The highest BCUT2D eigenvalue weighted by atomic mass is 16.8. The molecular weight excluding hydrogens is 386 g/mol. The van der Waals surface area contributed by atoms with E-state index in [1.54, 1.807) is 13.0 Å². The van der Waals surface area contributed by atoms with Crippen molar-refractivity contribution in [3.63, 3.8) is 0 Å². The van der Waals surface area contributed by atoms with E-state index in [2.05, 4.69) is 0 Å². The van der Waals surface area contributed by atoms with Crippen molar-refractivity contribution in [2.45, 2.75) is 6.92 Å². The summed E-state index contributed by atoms with van der Waals surface area (Å²) in [7, 11) is 0. The van der Waals surface area contributed by atoms with E-state index in [1.165, 1.54) is 36.4 Å². The maximum atomic E-state index is 13.0. The number of ether oxygens (including phenoxy) is 1. The van der Waals surface area contributed by atoms with E-state index in [0.29, 0.717) is 22.3 Å². The SMILES string of the molecule is Cc1oc2cc(OC(=O)c3ccc([NH+]([O-])O)cc3)ccc2c(=O)c1-c1ccccc1. The monoisotopic (exact) mass is 403 g/mol. The maximum Gasteiger partial charge on any atom is 0.343 e. The standard InChI is InChI=1S/C23H17NO6/c1-14-21(15-5-3-2-4-6-15)22(25)19-12-11-18(13-20(19)29-14)30-23(26)16-7-9-17(10-8-16)24(27)28/h2-13,24,27H,1H3. The van der Waals surface area contributed by atoms with Gasteiger partial charge in [0.15, 0.2) is 5.69 Å². The molecule has 0 saturated carbocycles. The first-order chi connectivity index (χ1) is 14.4. The minimum absolute atomic E-state index is 0.0729. The molecule has 1 heterocycles. The molecule has 0 amide bonds. The molecule has 0 aliphatic rings. The van der Waals surface area contributed by atoms with Crippen LogP contribution in [0.5, 0.6) is 5.75 Å². The van der Waals surface area contributed by atoms with Crippen LogP contribution in [0.1, 0.15) is 16.1 Å². The molecule has 0 aliphatic carbocycles. The smallest absolute Gasteiger partial charge is 0.343 e. The zero-order valence-electron chi connectivity index (χ0n) is 15.9. The fourth-order valence-electron chi connectivity index (χ4n) is 3.20. The van der Waals surface area contributed by atoms with Gasteiger partial charge >= 0.3 is 5.97 Å². The zero-order chi connectivity index (χ0) is 21.3. The number of quaternary nitrogens is 1. The Morgan fingerprint density at radius 3 is 2.40 bits per heavy atom. The number of hydrogen-bond donors (Lipinski definition) is 2. The van der Waals surface area contributed by atoms with Crippen molar-refractivity contribution in [3.8, 4) is 16.9 Å². The Labute approximate surface area is 170 Å². The number of nitrogens with one attached hydrogen (secondary N) is 1. The topological polar surface area (TPSA) is 104 Å². The van der Waals surface area contributed by atoms with Gasteiger partial charge in [0.2, 0.25) is 5.43 Å². The van der Waals surface area contributed by atoms with Crippen molar-refractivity contribution in [1.82, 2.24) is 0 Å². The van der Waals surface area contributed by atoms with Crippen molar-refractivity contribution in [2.75, 3.05) is 0 Å². The maximum absolute atomic E-state index is 13.0. The summed E-state index contributed by atoms with van der Waals surface area (Å²) in [4.78, 5) is 25.3. The molecule has 1 aromatic heterocycles. The minimum Gasteiger partial charge on any atom is -0.595 e. The Hall–Kier alpha value is -3.78. The lowest BCUT2D eigenvalue weighted by atomic mass is 10.0. The molecule has 2 N–H and O–H groups in total. The van der Waals surface area contributed by atoms with E-state index >= 15 is 0 Å². The van der Waals surface area contributed by atoms with Crippen LogP contribution in [0.3, 0.4) is 0 Å². The predicted molar refractivity (Wildman–Crippen MR) is 110 cm³/mol. The van der Waals surface area contributed by atoms with Gasteiger partial charge in [0.1, 0.15) is 17.1 Å². The lowest BCUT2D eigenvalue weighted by Crippen LogP contribution is -2.99. The molecule has 30 heavy (non-hydrogen) atoms. The summed E-state index contributed by atoms with van der Waals surface area (Å²) in [6, 6.07) is 19.2. The molecule has 0 radical (unpaired) electrons. The van der Waals surface area contributed by atoms with E-state index in [9.17, 15) is 14.8 Å². The lowest BCUT2D eigenvalue weighted by molar-refractivity contribution is -0.991. The number of fused-ring (bicyclic) bond motifs is 1. The van der Waals surface area contributed by atoms with Gasteiger partial charge in [-0.05, 0) is 36.8 Å². The van der Waals surface area contributed by atoms with Gasteiger partial charge in [0.25, 0.3) is 0 Å². The molecule has 0 saturated heterocycles. The van der Waals surface area contributed by atoms with Crippen LogP contribution in [0, 0.1) is 12.1 Å². The summed E-state index contributed by atoms with van der Waals surface area (Å²) in [6.07, 6.45) is 0. The van der Waals surface area contributed by atoms with E-state index < -0.39 is 11.2 Å². The molecule has 3 aromatic carbocycles. The van der Waals surface area contributed by atoms with Gasteiger partial charge in [0, 0.05) is 18.2 Å². The summed E-state index contributed by atoms with van der Waals surface area (Å²) in [5, 5.41) is 19.2. The van der Waals surface area contributed by atoms with Crippen LogP contribution in [-0.2, 0) is 0 Å². The molecule has 0 fully saturated rings. The van der Waals surface area contributed by atoms with Gasteiger partial charge < -0.3 is 14.4 Å². The fourth-order valence-corrected chi connectivity index (χ4v) is 3.20. The number of aryl methyl sites for hydroxylation is 1. The summed E-state index contributed by atoms with van der Waals surface area (Å²) < 4.78 is 11.2. The number of hydrogen-bond acceptors (Lipinski definition) is 6. The first kappa shape index (κ1) is 19.5. The molecule has 7 heteroatoms. The highest BCUT2D eigenvalue weighted by molar-refractivity contribution is 5.92. The van der Waals surface area contributed by atoms with Gasteiger partial charge in [-0.1, -0.05) is 30.3 Å². The molecule has 0 spiro atoms. The quantitative estimate of drug-likeness (QED) is 0.308. The molecule has 1 unspecified atom stereocenters. The van der Waals surface area contributed by atoms with Crippen molar-refractivity contribution < 1.29 is 24.4 Å². The molecule has 0 aliphatic heterocycles. The third kappa shape index (κ3) is 3.72. The largest absolute Gasteiger partial charge is 0.595 e. The number of rotatable bonds is 4. The van der Waals surface area contributed by atoms with Gasteiger partial charge in [0.05, 0.1) is 16.5 Å². The van der Waals surface area contributed by atoms with Crippen molar-refractivity contribution in [3.05, 3.63) is 99.6 Å². The predicted octanol–water partition coefficient (Wildman–Crippen LogP) is 3.39. The number of esters is 1. The van der Waals surface area contributed by atoms with Gasteiger partial charge in [-0.2, -0.15) is 5.23 Å². The average Bonchev–Trinajstić information content (AvgIpc) is 2.74. The van der Waals surface area contributed by atoms with Gasteiger partial charge in [-0.25, -0.2) is 10.0 Å². The van der Waals surface area contributed by atoms with Crippen LogP contribution in [0.4, 0.5) is 5.69 Å². The van der Waals surface area contributed by atoms with E-state index in [1.807, 2.05) is 30.3 Å². The third-order valence-corrected chi connectivity index (χ3v) is 4.68. The van der Waals surface area contributed by atoms with E-state index in [0.717, 1.165) is 5.56 Å². The Morgan fingerprint density at radius 2 is 1.73 bits per heavy atom. The normalized spacial score (nSPS) is 12.0. The van der Waals surface area contributed by atoms with Crippen LogP contribution < -0.4 is 15.4 Å². The Morgan fingerprint density at radius 1 is 1.03 bits per heavy atom. The highest BCUT2D eigenvalue weighted by Crippen LogP contribution is 2.26. The molecule has 4 rings (SSSR count). The summed E-state index contributed by atoms with van der Waals surface area (Å²) >= 11 is 0. The molecule has 150 valence electrons. The zero-order valence-corrected chi connectivity index (χ0v) is 15.9. The minimum atomic E-state index is -1.08. The van der Waals surface area contributed by atoms with Crippen molar-refractivity contribution in [2.24, 2.45) is 0 Å². The third-order valence-electron chi connectivity index (χ3n) is 4.68. The molecule has 1 atom stereocenters. The van der Waals surface area contributed by atoms with Gasteiger partial charge in [-0.15, -0.1) is 0 Å². The van der Waals surface area contributed by atoms with Crippen LogP contribution >= 0.6 is 0 Å². The molecule has 0 bridgehead atoms. The Balaban J connectivity index is 1.65. The molecular formula is C23H17NO6. The molecule has 4 aromatic rings. The van der Waals surface area contributed by atoms with Crippen LogP contribution in [0.25, 0.3) is 22.1 Å².